The van der Waals surface area contributed by atoms with Gasteiger partial charge in [-0.1, -0.05) is 0 Å². The Balaban J connectivity index is 1.58. The lowest BCUT2D eigenvalue weighted by molar-refractivity contribution is 0.0951. The van der Waals surface area contributed by atoms with Crippen molar-refractivity contribution in [2.45, 2.75) is 31.6 Å². The van der Waals surface area contributed by atoms with Gasteiger partial charge in [0, 0.05) is 24.4 Å². The quantitative estimate of drug-likeness (QED) is 0.865. The summed E-state index contributed by atoms with van der Waals surface area (Å²) in [4.78, 5) is 16.4. The average molecular weight is 259 g/mol. The van der Waals surface area contributed by atoms with Crippen LogP contribution in [0.5, 0.6) is 0 Å². The molecule has 0 atom stereocenters. The second-order valence-electron chi connectivity index (χ2n) is 5.65. The van der Waals surface area contributed by atoms with Crippen molar-refractivity contribution in [1.29, 1.82) is 0 Å². The second kappa shape index (κ2) is 5.70. The van der Waals surface area contributed by atoms with Crippen LogP contribution in [0.25, 0.3) is 0 Å². The van der Waals surface area contributed by atoms with E-state index in [-0.39, 0.29) is 5.91 Å². The normalized spacial score (nSPS) is 20.2. The summed E-state index contributed by atoms with van der Waals surface area (Å²) in [7, 11) is 0. The molecular weight excluding hydrogens is 238 g/mol. The summed E-state index contributed by atoms with van der Waals surface area (Å²) in [6, 6.07) is 3.93. The molecule has 0 unspecified atom stereocenters. The number of nitrogens with zero attached hydrogens (tertiary/aromatic N) is 1. The highest BCUT2D eigenvalue weighted by Gasteiger charge is 2.22. The minimum absolute atomic E-state index is 0.0104. The van der Waals surface area contributed by atoms with Crippen LogP contribution >= 0.6 is 0 Å². The highest BCUT2D eigenvalue weighted by Crippen LogP contribution is 2.27. The van der Waals surface area contributed by atoms with Gasteiger partial charge >= 0.3 is 0 Å². The predicted molar refractivity (Wildman–Crippen MR) is 74.1 cm³/mol. The molecule has 0 radical (unpaired) electrons. The van der Waals surface area contributed by atoms with E-state index < -0.39 is 0 Å². The maximum atomic E-state index is 11.9. The van der Waals surface area contributed by atoms with Crippen LogP contribution in [0.3, 0.4) is 0 Å². The number of carbonyl (C=O) groups excluding carboxylic acids is 1. The van der Waals surface area contributed by atoms with Crippen LogP contribution in [-0.2, 0) is 0 Å². The molecule has 19 heavy (non-hydrogen) atoms. The van der Waals surface area contributed by atoms with E-state index in [4.69, 9.17) is 0 Å². The average Bonchev–Trinajstić information content (AvgIpc) is 3.30. The van der Waals surface area contributed by atoms with E-state index in [2.05, 4.69) is 15.6 Å². The van der Waals surface area contributed by atoms with Crippen LogP contribution in [0, 0.1) is 5.92 Å². The molecular formula is C15H21N3O. The largest absolute Gasteiger partial charge is 0.352 e. The van der Waals surface area contributed by atoms with E-state index in [1.54, 1.807) is 6.20 Å². The fraction of sp³-hybridized carbons (Fsp3) is 0.600. The van der Waals surface area contributed by atoms with E-state index in [1.165, 1.54) is 12.8 Å². The molecule has 102 valence electrons. The first-order chi connectivity index (χ1) is 9.33. The first-order valence-corrected chi connectivity index (χ1v) is 7.28. The molecule has 3 rings (SSSR count). The molecule has 2 fully saturated rings. The van der Waals surface area contributed by atoms with Crippen molar-refractivity contribution >= 4 is 5.91 Å². The van der Waals surface area contributed by atoms with Gasteiger partial charge in [-0.2, -0.15) is 0 Å². The lowest BCUT2D eigenvalue weighted by atomic mass is 9.94. The Morgan fingerprint density at radius 2 is 2.05 bits per heavy atom. The van der Waals surface area contributed by atoms with Gasteiger partial charge in [0.15, 0.2) is 0 Å². The van der Waals surface area contributed by atoms with Gasteiger partial charge in [0.25, 0.3) is 5.91 Å². The van der Waals surface area contributed by atoms with Gasteiger partial charge in [0.2, 0.25) is 0 Å². The summed E-state index contributed by atoms with van der Waals surface area (Å²) in [5.74, 6) is 1.27. The zero-order valence-corrected chi connectivity index (χ0v) is 11.2. The number of hydrogen-bond donors (Lipinski definition) is 2. The molecule has 0 spiro atoms. The minimum atomic E-state index is 0.0104. The van der Waals surface area contributed by atoms with Gasteiger partial charge in [0.05, 0.1) is 5.56 Å². The van der Waals surface area contributed by atoms with E-state index in [0.717, 1.165) is 38.2 Å². The summed E-state index contributed by atoms with van der Waals surface area (Å²) in [6.45, 7) is 2.95. The number of rotatable bonds is 4. The van der Waals surface area contributed by atoms with E-state index >= 15 is 0 Å². The number of nitrogens with one attached hydrogen (secondary N) is 2. The Bertz CT molecular complexity index is 433. The molecule has 4 heteroatoms. The summed E-state index contributed by atoms with van der Waals surface area (Å²) in [5, 5.41) is 6.33. The Morgan fingerprint density at radius 1 is 1.26 bits per heavy atom. The Labute approximate surface area is 114 Å². The third kappa shape index (κ3) is 3.32. The zero-order valence-electron chi connectivity index (χ0n) is 11.2. The van der Waals surface area contributed by atoms with Gasteiger partial charge in [-0.3, -0.25) is 9.78 Å². The van der Waals surface area contributed by atoms with Gasteiger partial charge in [0.1, 0.15) is 0 Å². The Morgan fingerprint density at radius 3 is 2.68 bits per heavy atom. The number of carbonyl (C=O) groups is 1. The number of hydrogen-bond acceptors (Lipinski definition) is 3. The standard InChI is InChI=1S/C15H21N3O/c19-15(18-9-11-1-2-11)13-3-4-14(17-10-13)12-5-7-16-8-6-12/h3-4,10-12,16H,1-2,5-9H2,(H,18,19). The lowest BCUT2D eigenvalue weighted by Gasteiger charge is -2.22. The highest BCUT2D eigenvalue weighted by atomic mass is 16.1. The van der Waals surface area contributed by atoms with Crippen LogP contribution in [0.4, 0.5) is 0 Å². The van der Waals surface area contributed by atoms with Crippen molar-refractivity contribution in [3.63, 3.8) is 0 Å². The fourth-order valence-electron chi connectivity index (χ4n) is 2.56. The Kier molecular flexibility index (Phi) is 3.78. The lowest BCUT2D eigenvalue weighted by Crippen LogP contribution is -2.27. The van der Waals surface area contributed by atoms with Crippen LogP contribution in [0.2, 0.25) is 0 Å². The third-order valence-corrected chi connectivity index (χ3v) is 4.05. The van der Waals surface area contributed by atoms with Gasteiger partial charge in [-0.05, 0) is 56.8 Å². The summed E-state index contributed by atoms with van der Waals surface area (Å²) >= 11 is 0. The molecule has 1 saturated carbocycles. The molecule has 2 aliphatic rings. The van der Waals surface area contributed by atoms with Gasteiger partial charge in [-0.25, -0.2) is 0 Å². The highest BCUT2D eigenvalue weighted by molar-refractivity contribution is 5.93. The molecule has 0 bridgehead atoms. The van der Waals surface area contributed by atoms with Crippen molar-refractivity contribution in [3.05, 3.63) is 29.6 Å². The minimum Gasteiger partial charge on any atom is -0.352 e. The zero-order chi connectivity index (χ0) is 13.1. The maximum absolute atomic E-state index is 11.9. The molecule has 1 aromatic heterocycles. The van der Waals surface area contributed by atoms with Crippen LogP contribution in [-0.4, -0.2) is 30.5 Å². The van der Waals surface area contributed by atoms with E-state index in [1.807, 2.05) is 12.1 Å². The second-order valence-corrected chi connectivity index (χ2v) is 5.65. The van der Waals surface area contributed by atoms with E-state index in [9.17, 15) is 4.79 Å². The first kappa shape index (κ1) is 12.6. The van der Waals surface area contributed by atoms with Crippen LogP contribution < -0.4 is 10.6 Å². The Hall–Kier alpha value is -1.42. The molecule has 1 aliphatic carbocycles. The van der Waals surface area contributed by atoms with Crippen LogP contribution in [0.15, 0.2) is 18.3 Å². The molecule has 1 amide bonds. The molecule has 2 N–H and O–H groups in total. The van der Waals surface area contributed by atoms with Crippen LogP contribution in [0.1, 0.15) is 47.7 Å². The van der Waals surface area contributed by atoms with Crippen molar-refractivity contribution in [2.75, 3.05) is 19.6 Å². The van der Waals surface area contributed by atoms with E-state index in [0.29, 0.717) is 17.4 Å². The van der Waals surface area contributed by atoms with Crippen molar-refractivity contribution in [1.82, 2.24) is 15.6 Å². The molecule has 1 aromatic rings. The molecule has 4 nitrogen and oxygen atoms in total. The predicted octanol–water partition coefficient (Wildman–Crippen LogP) is 1.69. The topological polar surface area (TPSA) is 54.0 Å². The summed E-state index contributed by atoms with van der Waals surface area (Å²) in [5.41, 5.74) is 1.80. The van der Waals surface area contributed by atoms with Crippen molar-refractivity contribution in [3.8, 4) is 0 Å². The SMILES string of the molecule is O=C(NCC1CC1)c1ccc(C2CCNCC2)nc1. The maximum Gasteiger partial charge on any atom is 0.252 e. The molecule has 0 aromatic carbocycles. The first-order valence-electron chi connectivity index (χ1n) is 7.28. The summed E-state index contributed by atoms with van der Waals surface area (Å²) < 4.78 is 0. The third-order valence-electron chi connectivity index (χ3n) is 4.05. The number of aromatic nitrogens is 1. The summed E-state index contributed by atoms with van der Waals surface area (Å²) in [6.07, 6.45) is 6.51. The fourth-order valence-corrected chi connectivity index (χ4v) is 2.56. The van der Waals surface area contributed by atoms with Gasteiger partial charge in [-0.15, -0.1) is 0 Å². The van der Waals surface area contributed by atoms with Gasteiger partial charge < -0.3 is 10.6 Å². The number of amides is 1. The van der Waals surface area contributed by atoms with Crippen molar-refractivity contribution < 1.29 is 4.79 Å². The molecule has 1 saturated heterocycles. The number of piperidine rings is 1. The molecule has 1 aliphatic heterocycles. The monoisotopic (exact) mass is 259 g/mol. The van der Waals surface area contributed by atoms with Crippen molar-refractivity contribution in [2.24, 2.45) is 5.92 Å². The molecule has 2 heterocycles. The number of pyridine rings is 1. The smallest absolute Gasteiger partial charge is 0.252 e.